The number of carbonyl (C=O) groups is 4. The molecule has 3 rings (SSSR count). The smallest absolute Gasteiger partial charge is 0.238 e. The molecule has 2 amide bonds. The number of benzene rings is 2. The van der Waals surface area contributed by atoms with E-state index in [1.165, 1.54) is 0 Å². The molecule has 2 N–H and O–H groups in total. The molecule has 2 aromatic carbocycles. The van der Waals surface area contributed by atoms with Gasteiger partial charge in [0.2, 0.25) is 11.8 Å². The van der Waals surface area contributed by atoms with E-state index < -0.39 is 5.78 Å². The van der Waals surface area contributed by atoms with Gasteiger partial charge in [-0.05, 0) is 39.3 Å². The van der Waals surface area contributed by atoms with E-state index in [9.17, 15) is 19.2 Å². The van der Waals surface area contributed by atoms with E-state index in [2.05, 4.69) is 10.6 Å². The van der Waals surface area contributed by atoms with E-state index in [0.29, 0.717) is 13.1 Å². The molecule has 32 heavy (non-hydrogen) atoms. The Hall–Kier alpha value is -3.36. The van der Waals surface area contributed by atoms with E-state index in [4.69, 9.17) is 0 Å². The number of anilines is 2. The fourth-order valence-electron chi connectivity index (χ4n) is 3.54. The average Bonchev–Trinajstić information content (AvgIpc) is 2.76. The largest absolute Gasteiger partial charge is 0.324 e. The Balaban J connectivity index is 1.98. The molecule has 0 atom stereocenters. The standard InChI is InChI=1S/C24H28N4O4/c1-5-27(3)13-19(29)25-17-11-7-9-15-21(17)24(32)22-16(23(15)31)10-8-12-18(22)26-20(30)14-28(4)6-2/h7-12H,5-6,13-14H2,1-4H3,(H,25,29)(H,26,30). The number of nitrogens with one attached hydrogen (secondary N) is 2. The zero-order valence-electron chi connectivity index (χ0n) is 18.8. The van der Waals surface area contributed by atoms with Crippen molar-refractivity contribution in [3.05, 3.63) is 58.7 Å². The predicted molar refractivity (Wildman–Crippen MR) is 123 cm³/mol. The molecule has 8 heteroatoms. The van der Waals surface area contributed by atoms with Crippen LogP contribution in [0.25, 0.3) is 0 Å². The first kappa shape index (κ1) is 23.3. The van der Waals surface area contributed by atoms with Gasteiger partial charge in [-0.25, -0.2) is 0 Å². The molecule has 0 fully saturated rings. The van der Waals surface area contributed by atoms with Gasteiger partial charge >= 0.3 is 0 Å². The van der Waals surface area contributed by atoms with Crippen LogP contribution in [0.15, 0.2) is 36.4 Å². The normalized spacial score (nSPS) is 12.6. The number of carbonyl (C=O) groups excluding carboxylic acids is 4. The lowest BCUT2D eigenvalue weighted by molar-refractivity contribution is -0.117. The van der Waals surface area contributed by atoms with Crippen LogP contribution in [0.2, 0.25) is 0 Å². The molecule has 1 aliphatic rings. The fourth-order valence-corrected chi connectivity index (χ4v) is 3.54. The van der Waals surface area contributed by atoms with Crippen LogP contribution < -0.4 is 10.6 Å². The maximum absolute atomic E-state index is 13.5. The van der Waals surface area contributed by atoms with Gasteiger partial charge < -0.3 is 10.6 Å². The number of rotatable bonds is 8. The second-order valence-corrected chi connectivity index (χ2v) is 7.87. The average molecular weight is 437 g/mol. The highest BCUT2D eigenvalue weighted by molar-refractivity contribution is 6.32. The molecule has 0 aromatic heterocycles. The number of amides is 2. The van der Waals surface area contributed by atoms with Gasteiger partial charge in [0.1, 0.15) is 0 Å². The van der Waals surface area contributed by atoms with Crippen LogP contribution in [0, 0.1) is 0 Å². The highest BCUT2D eigenvalue weighted by Crippen LogP contribution is 2.35. The van der Waals surface area contributed by atoms with Crippen LogP contribution in [0.3, 0.4) is 0 Å². The first-order valence-electron chi connectivity index (χ1n) is 10.6. The molecule has 0 saturated heterocycles. The maximum Gasteiger partial charge on any atom is 0.238 e. The highest BCUT2D eigenvalue weighted by atomic mass is 16.2. The van der Waals surface area contributed by atoms with Gasteiger partial charge in [-0.3, -0.25) is 29.0 Å². The molecule has 0 spiro atoms. The van der Waals surface area contributed by atoms with Gasteiger partial charge in [-0.15, -0.1) is 0 Å². The summed E-state index contributed by atoms with van der Waals surface area (Å²) < 4.78 is 0. The van der Waals surface area contributed by atoms with Crippen LogP contribution in [-0.4, -0.2) is 73.5 Å². The maximum atomic E-state index is 13.5. The van der Waals surface area contributed by atoms with Crippen LogP contribution in [0.5, 0.6) is 0 Å². The van der Waals surface area contributed by atoms with Crippen molar-refractivity contribution < 1.29 is 19.2 Å². The number of hydrogen-bond acceptors (Lipinski definition) is 6. The lowest BCUT2D eigenvalue weighted by Gasteiger charge is -2.23. The molecule has 168 valence electrons. The third-order valence-corrected chi connectivity index (χ3v) is 5.53. The molecule has 0 heterocycles. The van der Waals surface area contributed by atoms with Crippen LogP contribution in [0.4, 0.5) is 11.4 Å². The Kier molecular flexibility index (Phi) is 7.17. The summed E-state index contributed by atoms with van der Waals surface area (Å²) in [6.45, 7) is 5.58. The Labute approximate surface area is 187 Å². The minimum Gasteiger partial charge on any atom is -0.324 e. The molecule has 0 radical (unpaired) electrons. The summed E-state index contributed by atoms with van der Waals surface area (Å²) in [5.74, 6) is -1.29. The number of ketones is 2. The summed E-state index contributed by atoms with van der Waals surface area (Å²) in [7, 11) is 3.63. The summed E-state index contributed by atoms with van der Waals surface area (Å²) in [6.07, 6.45) is 0. The molecular formula is C24H28N4O4. The molecule has 2 aromatic rings. The second-order valence-electron chi connectivity index (χ2n) is 7.87. The minimum absolute atomic E-state index is 0.143. The quantitative estimate of drug-likeness (QED) is 0.562. The Bertz CT molecular complexity index is 998. The zero-order valence-corrected chi connectivity index (χ0v) is 18.8. The SMILES string of the molecule is CCN(C)CC(=O)Nc1cccc2c1C(=O)c1c(NC(=O)CN(C)CC)cccc1C2=O. The van der Waals surface area contributed by atoms with E-state index in [-0.39, 0.29) is 64.3 Å². The number of hydrogen-bond donors (Lipinski definition) is 2. The number of nitrogens with zero attached hydrogens (tertiary/aromatic N) is 2. The van der Waals surface area contributed by atoms with Gasteiger partial charge in [0.25, 0.3) is 0 Å². The molecule has 0 saturated carbocycles. The predicted octanol–water partition coefficient (Wildman–Crippen LogP) is 2.24. The van der Waals surface area contributed by atoms with Crippen molar-refractivity contribution in [2.24, 2.45) is 0 Å². The van der Waals surface area contributed by atoms with Crippen LogP contribution in [-0.2, 0) is 9.59 Å². The Morgan fingerprint density at radius 1 is 0.719 bits per heavy atom. The van der Waals surface area contributed by atoms with Gasteiger partial charge in [0.05, 0.1) is 35.6 Å². The number of fused-ring (bicyclic) bond motifs is 2. The second kappa shape index (κ2) is 9.84. The summed E-state index contributed by atoms with van der Waals surface area (Å²) in [5.41, 5.74) is 1.33. The monoisotopic (exact) mass is 436 g/mol. The topological polar surface area (TPSA) is 98.8 Å². The van der Waals surface area contributed by atoms with Gasteiger partial charge in [-0.2, -0.15) is 0 Å². The highest BCUT2D eigenvalue weighted by Gasteiger charge is 2.34. The third-order valence-electron chi connectivity index (χ3n) is 5.53. The third kappa shape index (κ3) is 4.76. The van der Waals surface area contributed by atoms with Gasteiger partial charge in [0, 0.05) is 11.1 Å². The lowest BCUT2D eigenvalue weighted by atomic mass is 9.82. The van der Waals surface area contributed by atoms with Crippen molar-refractivity contribution in [3.63, 3.8) is 0 Å². The molecule has 8 nitrogen and oxygen atoms in total. The first-order valence-corrected chi connectivity index (χ1v) is 10.6. The zero-order chi connectivity index (χ0) is 23.4. The summed E-state index contributed by atoms with van der Waals surface area (Å²) in [6, 6.07) is 9.65. The summed E-state index contributed by atoms with van der Waals surface area (Å²) in [5, 5.41) is 5.53. The van der Waals surface area contributed by atoms with Crippen molar-refractivity contribution in [2.45, 2.75) is 13.8 Å². The molecule has 0 bridgehead atoms. The van der Waals surface area contributed by atoms with Crippen LogP contribution in [0.1, 0.15) is 45.7 Å². The minimum atomic E-state index is -0.408. The Morgan fingerprint density at radius 2 is 1.12 bits per heavy atom. The first-order chi connectivity index (χ1) is 15.3. The molecule has 0 aliphatic heterocycles. The van der Waals surface area contributed by atoms with Gasteiger partial charge in [-0.1, -0.05) is 38.1 Å². The van der Waals surface area contributed by atoms with Crippen molar-refractivity contribution in [2.75, 3.05) is 50.9 Å². The Morgan fingerprint density at radius 3 is 1.50 bits per heavy atom. The van der Waals surface area contributed by atoms with E-state index in [1.807, 2.05) is 37.7 Å². The van der Waals surface area contributed by atoms with Crippen LogP contribution >= 0.6 is 0 Å². The van der Waals surface area contributed by atoms with E-state index in [0.717, 1.165) is 0 Å². The van der Waals surface area contributed by atoms with Crippen molar-refractivity contribution in [3.8, 4) is 0 Å². The molecule has 0 unspecified atom stereocenters. The summed E-state index contributed by atoms with van der Waals surface area (Å²) >= 11 is 0. The number of likely N-dealkylation sites (N-methyl/N-ethyl adjacent to an activating group) is 2. The van der Waals surface area contributed by atoms with E-state index in [1.54, 1.807) is 36.4 Å². The fraction of sp³-hybridized carbons (Fsp3) is 0.333. The molecular weight excluding hydrogens is 408 g/mol. The van der Waals surface area contributed by atoms with Crippen molar-refractivity contribution >= 4 is 34.8 Å². The van der Waals surface area contributed by atoms with Crippen molar-refractivity contribution in [1.29, 1.82) is 0 Å². The van der Waals surface area contributed by atoms with Crippen molar-refractivity contribution in [1.82, 2.24) is 9.80 Å². The lowest BCUT2D eigenvalue weighted by Crippen LogP contribution is -2.32. The van der Waals surface area contributed by atoms with E-state index >= 15 is 0 Å². The van der Waals surface area contributed by atoms with Gasteiger partial charge in [0.15, 0.2) is 11.6 Å². The molecule has 1 aliphatic carbocycles. The summed E-state index contributed by atoms with van der Waals surface area (Å²) in [4.78, 5) is 55.2.